The Labute approximate surface area is 125 Å². The Balaban J connectivity index is 2.56. The van der Waals surface area contributed by atoms with Crippen LogP contribution in [0, 0.1) is 5.41 Å². The minimum atomic E-state index is -4.73. The summed E-state index contributed by atoms with van der Waals surface area (Å²) >= 11 is 0. The van der Waals surface area contributed by atoms with Gasteiger partial charge in [0.1, 0.15) is 11.2 Å². The third-order valence-corrected chi connectivity index (χ3v) is 3.82. The van der Waals surface area contributed by atoms with E-state index in [4.69, 9.17) is 4.74 Å². The van der Waals surface area contributed by atoms with Crippen molar-refractivity contribution in [1.82, 2.24) is 5.32 Å². The van der Waals surface area contributed by atoms with Crippen molar-refractivity contribution < 1.29 is 32.2 Å². The van der Waals surface area contributed by atoms with Gasteiger partial charge >= 0.3 is 12.1 Å². The number of amides is 1. The lowest BCUT2D eigenvalue weighted by atomic mass is 9.74. The van der Waals surface area contributed by atoms with Crippen molar-refractivity contribution >= 4 is 11.9 Å². The third-order valence-electron chi connectivity index (χ3n) is 3.82. The molecule has 2 rings (SSSR count). The molecule has 0 saturated carbocycles. The highest BCUT2D eigenvalue weighted by Gasteiger charge is 2.55. The van der Waals surface area contributed by atoms with Crippen LogP contribution >= 0.6 is 0 Å². The van der Waals surface area contributed by atoms with Crippen LogP contribution in [0.2, 0.25) is 0 Å². The van der Waals surface area contributed by atoms with Gasteiger partial charge in [-0.3, -0.25) is 9.59 Å². The lowest BCUT2D eigenvalue weighted by Gasteiger charge is -2.40. The largest absolute Gasteiger partial charge is 0.476 e. The normalized spacial score (nSPS) is 27.4. The fourth-order valence-corrected chi connectivity index (χ4v) is 2.52. The Kier molecular flexibility index (Phi) is 3.54. The zero-order valence-electron chi connectivity index (χ0n) is 12.6. The summed E-state index contributed by atoms with van der Waals surface area (Å²) in [5, 5.41) is 2.51. The number of allylic oxidation sites excluding steroid dienone is 2. The maximum absolute atomic E-state index is 13.3. The number of alkyl halides is 3. The number of rotatable bonds is 1. The van der Waals surface area contributed by atoms with Crippen LogP contribution in [0.25, 0.3) is 0 Å². The maximum Gasteiger partial charge on any atom is 0.413 e. The van der Waals surface area contributed by atoms with E-state index in [1.54, 1.807) is 0 Å². The molecule has 1 amide bonds. The van der Waals surface area contributed by atoms with Crippen molar-refractivity contribution in [1.29, 1.82) is 0 Å². The van der Waals surface area contributed by atoms with Crippen molar-refractivity contribution in [3.05, 3.63) is 23.1 Å². The van der Waals surface area contributed by atoms with Crippen LogP contribution in [0.5, 0.6) is 0 Å². The second kappa shape index (κ2) is 4.76. The first kappa shape index (κ1) is 16.4. The number of methoxy groups -OCH3 is 1. The molecule has 8 heteroatoms. The van der Waals surface area contributed by atoms with Gasteiger partial charge in [-0.25, -0.2) is 0 Å². The van der Waals surface area contributed by atoms with Crippen molar-refractivity contribution in [2.24, 2.45) is 5.41 Å². The van der Waals surface area contributed by atoms with Crippen LogP contribution in [-0.2, 0) is 19.1 Å². The smallest absolute Gasteiger partial charge is 0.413 e. The molecule has 5 nitrogen and oxygen atoms in total. The lowest BCUT2D eigenvalue weighted by molar-refractivity contribution is -0.159. The Morgan fingerprint density at radius 2 is 1.95 bits per heavy atom. The summed E-state index contributed by atoms with van der Waals surface area (Å²) in [6.07, 6.45) is -4.32. The predicted molar refractivity (Wildman–Crippen MR) is 69.2 cm³/mol. The molecule has 0 aromatic heterocycles. The molecule has 0 radical (unpaired) electrons. The summed E-state index contributed by atoms with van der Waals surface area (Å²) < 4.78 is 49.8. The summed E-state index contributed by atoms with van der Waals surface area (Å²) in [4.78, 5) is 23.8. The van der Waals surface area contributed by atoms with Gasteiger partial charge in [0.05, 0.1) is 18.4 Å². The third kappa shape index (κ3) is 2.46. The van der Waals surface area contributed by atoms with Crippen LogP contribution < -0.4 is 5.32 Å². The zero-order valence-corrected chi connectivity index (χ0v) is 12.6. The first-order chi connectivity index (χ1) is 9.91. The molecule has 122 valence electrons. The molecule has 1 aliphatic carbocycles. The summed E-state index contributed by atoms with van der Waals surface area (Å²) in [6.45, 7) is 4.02. The molecule has 0 fully saturated rings. The van der Waals surface area contributed by atoms with Gasteiger partial charge in [0.2, 0.25) is 0 Å². The standard InChI is InChI=1S/C14H16F3NO4/c1-12(2)10(19)18-7-6-13(3,11(20)21-4)9(14(15,16)17)5-8(7)22-12/h5H,6H2,1-4H3,(H,18,19). The minimum Gasteiger partial charge on any atom is -0.476 e. The van der Waals surface area contributed by atoms with Crippen LogP contribution in [0.15, 0.2) is 23.1 Å². The lowest BCUT2D eigenvalue weighted by Crippen LogP contribution is -2.51. The second-order valence-electron chi connectivity index (χ2n) is 5.97. The molecular formula is C14H16F3NO4. The number of carbonyl (C=O) groups is 2. The number of esters is 1. The van der Waals surface area contributed by atoms with Crippen molar-refractivity contribution in [3.63, 3.8) is 0 Å². The fraction of sp³-hybridized carbons (Fsp3) is 0.571. The van der Waals surface area contributed by atoms with Crippen molar-refractivity contribution in [2.75, 3.05) is 7.11 Å². The van der Waals surface area contributed by atoms with Gasteiger partial charge < -0.3 is 14.8 Å². The molecule has 0 aromatic rings. The van der Waals surface area contributed by atoms with Gasteiger partial charge in [-0.2, -0.15) is 13.2 Å². The summed E-state index contributed by atoms with van der Waals surface area (Å²) in [5.41, 5.74) is -4.14. The summed E-state index contributed by atoms with van der Waals surface area (Å²) in [7, 11) is 1.02. The minimum absolute atomic E-state index is 0.0849. The van der Waals surface area contributed by atoms with E-state index < -0.39 is 34.6 Å². The Morgan fingerprint density at radius 3 is 2.45 bits per heavy atom. The number of nitrogens with one attached hydrogen (secondary N) is 1. The molecule has 22 heavy (non-hydrogen) atoms. The molecule has 0 aromatic carbocycles. The highest BCUT2D eigenvalue weighted by molar-refractivity contribution is 5.88. The van der Waals surface area contributed by atoms with E-state index in [2.05, 4.69) is 10.1 Å². The number of carbonyl (C=O) groups excluding carboxylic acids is 2. The average Bonchev–Trinajstić information content (AvgIpc) is 2.37. The molecule has 0 spiro atoms. The molecule has 0 bridgehead atoms. The number of halogens is 3. The molecule has 1 aliphatic heterocycles. The van der Waals surface area contributed by atoms with Gasteiger partial charge in [0.25, 0.3) is 5.91 Å². The van der Waals surface area contributed by atoms with Gasteiger partial charge in [-0.15, -0.1) is 0 Å². The predicted octanol–water partition coefficient (Wildman–Crippen LogP) is 2.19. The topological polar surface area (TPSA) is 64.6 Å². The number of hydrogen-bond acceptors (Lipinski definition) is 4. The molecule has 1 N–H and O–H groups in total. The van der Waals surface area contributed by atoms with Crippen LogP contribution in [0.1, 0.15) is 27.2 Å². The van der Waals surface area contributed by atoms with Crippen molar-refractivity contribution in [3.8, 4) is 0 Å². The first-order valence-corrected chi connectivity index (χ1v) is 6.53. The quantitative estimate of drug-likeness (QED) is 0.753. The van der Waals surface area contributed by atoms with Crippen molar-refractivity contribution in [2.45, 2.75) is 39.0 Å². The number of ether oxygens (including phenoxy) is 2. The van der Waals surface area contributed by atoms with E-state index in [-0.39, 0.29) is 17.9 Å². The molecule has 1 unspecified atom stereocenters. The number of hydrogen-bond donors (Lipinski definition) is 1. The average molecular weight is 319 g/mol. The summed E-state index contributed by atoms with van der Waals surface area (Å²) in [5.74, 6) is -1.60. The SMILES string of the molecule is COC(=O)C1(C)CC2=C(C=C1C(F)(F)F)OC(C)(C)C(=O)N2. The molecule has 1 atom stereocenters. The first-order valence-electron chi connectivity index (χ1n) is 6.53. The molecule has 0 saturated heterocycles. The molecule has 2 aliphatic rings. The Bertz CT molecular complexity index is 604. The molecular weight excluding hydrogens is 303 g/mol. The second-order valence-corrected chi connectivity index (χ2v) is 5.97. The Morgan fingerprint density at radius 1 is 1.36 bits per heavy atom. The van der Waals surface area contributed by atoms with E-state index in [1.165, 1.54) is 13.8 Å². The Hall–Kier alpha value is -1.99. The van der Waals surface area contributed by atoms with E-state index in [0.29, 0.717) is 0 Å². The maximum atomic E-state index is 13.3. The van der Waals surface area contributed by atoms with Gasteiger partial charge in [-0.05, 0) is 26.8 Å². The van der Waals surface area contributed by atoms with Gasteiger partial charge in [0, 0.05) is 6.42 Å². The summed E-state index contributed by atoms with van der Waals surface area (Å²) in [6, 6.07) is 0. The van der Waals surface area contributed by atoms with E-state index >= 15 is 0 Å². The van der Waals surface area contributed by atoms with E-state index in [1.807, 2.05) is 0 Å². The molecule has 1 heterocycles. The van der Waals surface area contributed by atoms with Crippen LogP contribution in [-0.4, -0.2) is 30.8 Å². The highest BCUT2D eigenvalue weighted by Crippen LogP contribution is 2.49. The van der Waals surface area contributed by atoms with Crippen LogP contribution in [0.4, 0.5) is 13.2 Å². The fourth-order valence-electron chi connectivity index (χ4n) is 2.52. The van der Waals surface area contributed by atoms with Crippen LogP contribution in [0.3, 0.4) is 0 Å². The van der Waals surface area contributed by atoms with E-state index in [0.717, 1.165) is 20.1 Å². The van der Waals surface area contributed by atoms with Gasteiger partial charge in [0.15, 0.2) is 5.60 Å². The van der Waals surface area contributed by atoms with E-state index in [9.17, 15) is 22.8 Å². The highest BCUT2D eigenvalue weighted by atomic mass is 19.4. The zero-order chi connectivity index (χ0) is 16.9. The monoisotopic (exact) mass is 319 g/mol. The van der Waals surface area contributed by atoms with Gasteiger partial charge in [-0.1, -0.05) is 0 Å².